The number of hydrogen-bond donors (Lipinski definition) is 2. The first kappa shape index (κ1) is 14.5. The van der Waals surface area contributed by atoms with E-state index in [0.29, 0.717) is 12.5 Å². The molecule has 1 aromatic heterocycles. The fourth-order valence-corrected chi connectivity index (χ4v) is 3.81. The molecule has 1 heterocycles. The van der Waals surface area contributed by atoms with Crippen molar-refractivity contribution >= 4 is 17.2 Å². The van der Waals surface area contributed by atoms with Crippen molar-refractivity contribution in [3.8, 4) is 0 Å². The molecular weight excluding hydrogens is 258 g/mol. The molecule has 1 unspecified atom stereocenters. The number of hydrogen-bond acceptors (Lipinski definition) is 3. The molecule has 0 aromatic carbocycles. The normalized spacial score (nSPS) is 17.6. The molecule has 0 spiro atoms. The Hall–Kier alpha value is -0.870. The van der Waals surface area contributed by atoms with Crippen LogP contribution in [0.4, 0.5) is 0 Å². The molecule has 1 amide bonds. The molecule has 1 saturated carbocycles. The molecular formula is C15H23NO2S. The third-order valence-corrected chi connectivity index (χ3v) is 5.13. The molecule has 1 aliphatic carbocycles. The monoisotopic (exact) mass is 281 g/mol. The Labute approximate surface area is 119 Å². The first-order valence-electron chi connectivity index (χ1n) is 7.17. The van der Waals surface area contributed by atoms with Gasteiger partial charge in [-0.25, -0.2) is 0 Å². The summed E-state index contributed by atoms with van der Waals surface area (Å²) in [6.45, 7) is 4.52. The fraction of sp³-hybridized carbons (Fsp3) is 0.667. The molecule has 1 fully saturated rings. The summed E-state index contributed by atoms with van der Waals surface area (Å²) >= 11 is 1.54. The molecule has 0 aliphatic heterocycles. The van der Waals surface area contributed by atoms with Gasteiger partial charge < -0.3 is 10.4 Å². The van der Waals surface area contributed by atoms with Gasteiger partial charge in [-0.3, -0.25) is 4.79 Å². The van der Waals surface area contributed by atoms with Gasteiger partial charge >= 0.3 is 0 Å². The average molecular weight is 281 g/mol. The maximum atomic E-state index is 12.0. The van der Waals surface area contributed by atoms with Crippen LogP contribution < -0.4 is 5.32 Å². The molecule has 1 atom stereocenters. The lowest BCUT2D eigenvalue weighted by Gasteiger charge is -2.17. The molecule has 2 rings (SSSR count). The second-order valence-electron chi connectivity index (χ2n) is 5.37. The van der Waals surface area contributed by atoms with Gasteiger partial charge in [-0.2, -0.15) is 0 Å². The van der Waals surface area contributed by atoms with E-state index in [4.69, 9.17) is 0 Å². The maximum absolute atomic E-state index is 12.0. The summed E-state index contributed by atoms with van der Waals surface area (Å²) in [4.78, 5) is 14.0. The van der Waals surface area contributed by atoms with Crippen molar-refractivity contribution in [2.45, 2.75) is 52.1 Å². The predicted molar refractivity (Wildman–Crippen MR) is 78.7 cm³/mol. The van der Waals surface area contributed by atoms with Crippen LogP contribution in [0.2, 0.25) is 0 Å². The van der Waals surface area contributed by atoms with Crippen molar-refractivity contribution in [2.75, 3.05) is 6.54 Å². The lowest BCUT2D eigenvalue weighted by atomic mass is 10.0. The number of carbonyl (C=O) groups is 1. The molecule has 1 aromatic rings. The largest absolute Gasteiger partial charge is 0.391 e. The highest BCUT2D eigenvalue weighted by Gasteiger charge is 2.23. The number of aliphatic hydroxyl groups excluding tert-OH is 1. The first-order chi connectivity index (χ1) is 9.11. The number of aliphatic hydroxyl groups is 1. The van der Waals surface area contributed by atoms with Gasteiger partial charge in [0.15, 0.2) is 0 Å². The van der Waals surface area contributed by atoms with Gasteiger partial charge in [-0.1, -0.05) is 19.8 Å². The van der Waals surface area contributed by atoms with E-state index in [-0.39, 0.29) is 5.91 Å². The van der Waals surface area contributed by atoms with E-state index < -0.39 is 6.10 Å². The Balaban J connectivity index is 1.86. The Morgan fingerprint density at radius 2 is 2.21 bits per heavy atom. The van der Waals surface area contributed by atoms with Crippen molar-refractivity contribution < 1.29 is 9.90 Å². The molecule has 106 valence electrons. The van der Waals surface area contributed by atoms with Gasteiger partial charge in [0.25, 0.3) is 5.91 Å². The summed E-state index contributed by atoms with van der Waals surface area (Å²) in [6.07, 6.45) is 5.17. The topological polar surface area (TPSA) is 49.3 Å². The van der Waals surface area contributed by atoms with Crippen molar-refractivity contribution in [2.24, 2.45) is 5.92 Å². The minimum Gasteiger partial charge on any atom is -0.391 e. The number of aryl methyl sites for hydroxylation is 2. The number of thiophene rings is 1. The third kappa shape index (κ3) is 3.57. The van der Waals surface area contributed by atoms with Gasteiger partial charge in [0.1, 0.15) is 0 Å². The van der Waals surface area contributed by atoms with E-state index in [1.54, 1.807) is 0 Å². The Bertz CT molecular complexity index is 435. The Kier molecular flexibility index (Phi) is 4.99. The number of nitrogens with one attached hydrogen (secondary N) is 1. The molecule has 3 nitrogen and oxygen atoms in total. The van der Waals surface area contributed by atoms with Gasteiger partial charge in [0.2, 0.25) is 0 Å². The van der Waals surface area contributed by atoms with E-state index in [1.165, 1.54) is 34.6 Å². The summed E-state index contributed by atoms with van der Waals surface area (Å²) in [5.74, 6) is 0.321. The van der Waals surface area contributed by atoms with Gasteiger partial charge in [-0.05, 0) is 43.7 Å². The van der Waals surface area contributed by atoms with E-state index in [9.17, 15) is 9.90 Å². The number of carbonyl (C=O) groups excluding carboxylic acids is 1. The van der Waals surface area contributed by atoms with Crippen LogP contribution in [0.1, 0.15) is 52.7 Å². The summed E-state index contributed by atoms with van der Waals surface area (Å²) in [5, 5.41) is 12.9. The molecule has 0 saturated heterocycles. The molecule has 19 heavy (non-hydrogen) atoms. The predicted octanol–water partition coefficient (Wildman–Crippen LogP) is 2.90. The Morgan fingerprint density at radius 3 is 2.79 bits per heavy atom. The zero-order valence-electron chi connectivity index (χ0n) is 11.7. The van der Waals surface area contributed by atoms with Crippen LogP contribution in [0, 0.1) is 12.8 Å². The van der Waals surface area contributed by atoms with Gasteiger partial charge in [0, 0.05) is 11.4 Å². The Morgan fingerprint density at radius 1 is 1.53 bits per heavy atom. The molecule has 0 bridgehead atoms. The van der Waals surface area contributed by atoms with E-state index in [0.717, 1.165) is 24.1 Å². The molecule has 0 radical (unpaired) electrons. The summed E-state index contributed by atoms with van der Waals surface area (Å²) < 4.78 is 0. The van der Waals surface area contributed by atoms with Gasteiger partial charge in [-0.15, -0.1) is 11.3 Å². The second kappa shape index (κ2) is 6.53. The van der Waals surface area contributed by atoms with Crippen LogP contribution in [-0.4, -0.2) is 23.7 Å². The summed E-state index contributed by atoms with van der Waals surface area (Å²) in [7, 11) is 0. The van der Waals surface area contributed by atoms with Gasteiger partial charge in [0.05, 0.1) is 11.0 Å². The van der Waals surface area contributed by atoms with E-state index in [2.05, 4.69) is 12.2 Å². The van der Waals surface area contributed by atoms with Crippen LogP contribution >= 0.6 is 11.3 Å². The van der Waals surface area contributed by atoms with Crippen molar-refractivity contribution in [3.05, 3.63) is 21.4 Å². The quantitative estimate of drug-likeness (QED) is 0.872. The number of amides is 1. The van der Waals surface area contributed by atoms with E-state index in [1.807, 2.05) is 13.0 Å². The first-order valence-corrected chi connectivity index (χ1v) is 7.99. The van der Waals surface area contributed by atoms with Crippen LogP contribution in [0.5, 0.6) is 0 Å². The summed E-state index contributed by atoms with van der Waals surface area (Å²) in [6, 6.07) is 1.97. The minimum absolute atomic E-state index is 0.0511. The SMILES string of the molecule is CCc1cc(C(=O)NCC(O)C2CCCC2)sc1C. The second-order valence-corrected chi connectivity index (χ2v) is 6.62. The van der Waals surface area contributed by atoms with Crippen LogP contribution in [0.15, 0.2) is 6.07 Å². The van der Waals surface area contributed by atoms with Crippen molar-refractivity contribution in [1.29, 1.82) is 0 Å². The van der Waals surface area contributed by atoms with Crippen LogP contribution in [0.3, 0.4) is 0 Å². The van der Waals surface area contributed by atoms with Crippen LogP contribution in [0.25, 0.3) is 0 Å². The average Bonchev–Trinajstić information content (AvgIpc) is 3.04. The van der Waals surface area contributed by atoms with Crippen LogP contribution in [-0.2, 0) is 6.42 Å². The highest BCUT2D eigenvalue weighted by Crippen LogP contribution is 2.27. The maximum Gasteiger partial charge on any atom is 0.261 e. The molecule has 1 aliphatic rings. The lowest BCUT2D eigenvalue weighted by Crippen LogP contribution is -2.35. The highest BCUT2D eigenvalue weighted by atomic mass is 32.1. The summed E-state index contributed by atoms with van der Waals surface area (Å²) in [5.41, 5.74) is 1.24. The minimum atomic E-state index is -0.391. The zero-order chi connectivity index (χ0) is 13.8. The molecule has 2 N–H and O–H groups in total. The smallest absolute Gasteiger partial charge is 0.261 e. The zero-order valence-corrected chi connectivity index (χ0v) is 12.6. The standard InChI is InChI=1S/C15H23NO2S/c1-3-11-8-14(19-10(11)2)15(18)16-9-13(17)12-6-4-5-7-12/h8,12-13,17H,3-7,9H2,1-2H3,(H,16,18). The lowest BCUT2D eigenvalue weighted by molar-refractivity contribution is 0.0844. The van der Waals surface area contributed by atoms with Crippen molar-refractivity contribution in [3.63, 3.8) is 0 Å². The highest BCUT2D eigenvalue weighted by molar-refractivity contribution is 7.14. The molecule has 4 heteroatoms. The third-order valence-electron chi connectivity index (χ3n) is 4.04. The number of rotatable bonds is 5. The van der Waals surface area contributed by atoms with Crippen molar-refractivity contribution in [1.82, 2.24) is 5.32 Å². The van der Waals surface area contributed by atoms with E-state index >= 15 is 0 Å². The fourth-order valence-electron chi connectivity index (χ4n) is 2.78.